The predicted octanol–water partition coefficient (Wildman–Crippen LogP) is 3.58. The minimum atomic E-state index is -0.0177. The van der Waals surface area contributed by atoms with Crippen molar-refractivity contribution in [3.63, 3.8) is 0 Å². The molecular formula is C12H15ClN2S. The van der Waals surface area contributed by atoms with Gasteiger partial charge in [-0.05, 0) is 24.6 Å². The molecule has 1 unspecified atom stereocenters. The van der Waals surface area contributed by atoms with Crippen LogP contribution >= 0.6 is 22.9 Å². The van der Waals surface area contributed by atoms with E-state index in [0.29, 0.717) is 6.54 Å². The van der Waals surface area contributed by atoms with Crippen LogP contribution in [0.4, 0.5) is 0 Å². The van der Waals surface area contributed by atoms with Gasteiger partial charge < -0.3 is 5.73 Å². The predicted molar refractivity (Wildman–Crippen MR) is 71.3 cm³/mol. The molecule has 2 nitrogen and oxygen atoms in total. The van der Waals surface area contributed by atoms with Crippen LogP contribution in [0.1, 0.15) is 25.3 Å². The zero-order valence-electron chi connectivity index (χ0n) is 9.46. The van der Waals surface area contributed by atoms with E-state index in [9.17, 15) is 0 Å². The van der Waals surface area contributed by atoms with Gasteiger partial charge in [0.2, 0.25) is 0 Å². The molecule has 16 heavy (non-hydrogen) atoms. The number of fused-ring (bicyclic) bond motifs is 1. The summed E-state index contributed by atoms with van der Waals surface area (Å²) >= 11 is 7.66. The Morgan fingerprint density at radius 3 is 2.88 bits per heavy atom. The van der Waals surface area contributed by atoms with E-state index in [0.717, 1.165) is 26.7 Å². The van der Waals surface area contributed by atoms with Crippen molar-refractivity contribution in [2.75, 3.05) is 6.54 Å². The van der Waals surface area contributed by atoms with Gasteiger partial charge in [0.05, 0.1) is 10.2 Å². The molecule has 0 aliphatic carbocycles. The van der Waals surface area contributed by atoms with Crippen molar-refractivity contribution in [2.45, 2.75) is 25.7 Å². The van der Waals surface area contributed by atoms with Crippen molar-refractivity contribution in [1.29, 1.82) is 0 Å². The number of benzene rings is 1. The Bertz CT molecular complexity index is 503. The number of nitrogens with two attached hydrogens (primary N) is 1. The molecule has 1 atom stereocenters. The summed E-state index contributed by atoms with van der Waals surface area (Å²) in [5.74, 6) is 0. The molecule has 86 valence electrons. The summed E-state index contributed by atoms with van der Waals surface area (Å²) in [6.07, 6.45) is 0.997. The van der Waals surface area contributed by atoms with Gasteiger partial charge in [-0.15, -0.1) is 11.3 Å². The summed E-state index contributed by atoms with van der Waals surface area (Å²) in [6.45, 7) is 4.93. The number of thiazole rings is 1. The number of hydrogen-bond acceptors (Lipinski definition) is 3. The normalized spacial score (nSPS) is 15.2. The summed E-state index contributed by atoms with van der Waals surface area (Å²) in [5, 5.41) is 1.86. The van der Waals surface area contributed by atoms with Crippen LogP contribution in [0.25, 0.3) is 10.2 Å². The minimum Gasteiger partial charge on any atom is -0.330 e. The topological polar surface area (TPSA) is 38.9 Å². The molecule has 2 aromatic rings. The third kappa shape index (κ3) is 1.95. The van der Waals surface area contributed by atoms with E-state index in [-0.39, 0.29) is 5.41 Å². The quantitative estimate of drug-likeness (QED) is 0.909. The van der Waals surface area contributed by atoms with E-state index in [4.69, 9.17) is 17.3 Å². The van der Waals surface area contributed by atoms with Crippen LogP contribution in [-0.4, -0.2) is 11.5 Å². The lowest BCUT2D eigenvalue weighted by atomic mass is 9.89. The third-order valence-corrected chi connectivity index (χ3v) is 4.66. The first-order chi connectivity index (χ1) is 7.59. The third-order valence-electron chi connectivity index (χ3n) is 3.10. The van der Waals surface area contributed by atoms with Gasteiger partial charge in [0.1, 0.15) is 5.01 Å². The fraction of sp³-hybridized carbons (Fsp3) is 0.417. The van der Waals surface area contributed by atoms with E-state index < -0.39 is 0 Å². The number of hydrogen-bond donors (Lipinski definition) is 1. The molecule has 0 saturated carbocycles. The van der Waals surface area contributed by atoms with Gasteiger partial charge in [-0.25, -0.2) is 4.98 Å². The largest absolute Gasteiger partial charge is 0.330 e. The first kappa shape index (κ1) is 11.8. The van der Waals surface area contributed by atoms with Gasteiger partial charge in [0.15, 0.2) is 0 Å². The molecule has 0 saturated heterocycles. The highest BCUT2D eigenvalue weighted by Gasteiger charge is 2.26. The van der Waals surface area contributed by atoms with E-state index in [1.54, 1.807) is 11.3 Å². The molecule has 0 aliphatic rings. The van der Waals surface area contributed by atoms with Crippen LogP contribution in [-0.2, 0) is 5.41 Å². The van der Waals surface area contributed by atoms with Gasteiger partial charge >= 0.3 is 0 Å². The highest BCUT2D eigenvalue weighted by molar-refractivity contribution is 7.18. The fourth-order valence-corrected chi connectivity index (χ4v) is 3.01. The van der Waals surface area contributed by atoms with Gasteiger partial charge in [0.25, 0.3) is 0 Å². The molecular weight excluding hydrogens is 240 g/mol. The Morgan fingerprint density at radius 1 is 1.50 bits per heavy atom. The average Bonchev–Trinajstić information content (AvgIpc) is 2.71. The second-order valence-corrected chi connectivity index (χ2v) is 5.72. The second-order valence-electron chi connectivity index (χ2n) is 4.25. The van der Waals surface area contributed by atoms with Crippen LogP contribution in [0.3, 0.4) is 0 Å². The van der Waals surface area contributed by atoms with Gasteiger partial charge in [0, 0.05) is 17.0 Å². The van der Waals surface area contributed by atoms with Crippen LogP contribution in [0, 0.1) is 0 Å². The molecule has 2 rings (SSSR count). The average molecular weight is 255 g/mol. The number of rotatable bonds is 3. The van der Waals surface area contributed by atoms with Crippen LogP contribution in [0.15, 0.2) is 18.2 Å². The summed E-state index contributed by atoms with van der Waals surface area (Å²) in [5.41, 5.74) is 6.84. The molecule has 4 heteroatoms. The number of nitrogens with zero attached hydrogens (tertiary/aromatic N) is 1. The maximum absolute atomic E-state index is 5.96. The summed E-state index contributed by atoms with van der Waals surface area (Å²) in [4.78, 5) is 4.65. The van der Waals surface area contributed by atoms with E-state index in [2.05, 4.69) is 18.8 Å². The van der Waals surface area contributed by atoms with Gasteiger partial charge in [-0.1, -0.05) is 25.4 Å². The van der Waals surface area contributed by atoms with Gasteiger partial charge in [-0.2, -0.15) is 0 Å². The molecule has 0 fully saturated rings. The highest BCUT2D eigenvalue weighted by atomic mass is 35.5. The van der Waals surface area contributed by atoms with Crippen molar-refractivity contribution in [1.82, 2.24) is 4.98 Å². The Hall–Kier alpha value is -0.640. The smallest absolute Gasteiger partial charge is 0.101 e. The maximum Gasteiger partial charge on any atom is 0.101 e. The molecule has 0 spiro atoms. The first-order valence-electron chi connectivity index (χ1n) is 5.35. The standard InChI is InChI=1S/C12H15ClN2S/c1-3-12(2,7-14)11-15-9-5-4-8(13)6-10(9)16-11/h4-6H,3,7,14H2,1-2H3. The lowest BCUT2D eigenvalue weighted by Gasteiger charge is -2.23. The van der Waals surface area contributed by atoms with Crippen molar-refractivity contribution in [2.24, 2.45) is 5.73 Å². The Kier molecular flexibility index (Phi) is 3.19. The fourth-order valence-electron chi connectivity index (χ4n) is 1.54. The van der Waals surface area contributed by atoms with E-state index >= 15 is 0 Å². The van der Waals surface area contributed by atoms with Gasteiger partial charge in [-0.3, -0.25) is 0 Å². The second kappa shape index (κ2) is 4.32. The lowest BCUT2D eigenvalue weighted by Crippen LogP contribution is -2.30. The van der Waals surface area contributed by atoms with Crippen molar-refractivity contribution in [3.8, 4) is 0 Å². The monoisotopic (exact) mass is 254 g/mol. The zero-order chi connectivity index (χ0) is 11.8. The van der Waals surface area contributed by atoms with E-state index in [1.165, 1.54) is 0 Å². The molecule has 2 N–H and O–H groups in total. The number of halogens is 1. The Labute approximate surface area is 104 Å². The Balaban J connectivity index is 2.54. The summed E-state index contributed by atoms with van der Waals surface area (Å²) in [7, 11) is 0. The Morgan fingerprint density at radius 2 is 2.25 bits per heavy atom. The van der Waals surface area contributed by atoms with Crippen molar-refractivity contribution in [3.05, 3.63) is 28.2 Å². The first-order valence-corrected chi connectivity index (χ1v) is 6.55. The zero-order valence-corrected chi connectivity index (χ0v) is 11.0. The lowest BCUT2D eigenvalue weighted by molar-refractivity contribution is 0.465. The van der Waals surface area contributed by atoms with Crippen molar-refractivity contribution < 1.29 is 0 Å². The molecule has 0 bridgehead atoms. The molecule has 0 aliphatic heterocycles. The SMILES string of the molecule is CCC(C)(CN)c1nc2ccc(Cl)cc2s1. The van der Waals surface area contributed by atoms with Crippen LogP contribution < -0.4 is 5.73 Å². The summed E-state index contributed by atoms with van der Waals surface area (Å²) < 4.78 is 1.13. The van der Waals surface area contributed by atoms with Crippen LogP contribution in [0.5, 0.6) is 0 Å². The van der Waals surface area contributed by atoms with Crippen molar-refractivity contribution >= 4 is 33.2 Å². The van der Waals surface area contributed by atoms with Crippen LogP contribution in [0.2, 0.25) is 5.02 Å². The number of aromatic nitrogens is 1. The van der Waals surface area contributed by atoms with E-state index in [1.807, 2.05) is 18.2 Å². The molecule has 0 amide bonds. The molecule has 1 aromatic carbocycles. The maximum atomic E-state index is 5.96. The molecule has 1 aromatic heterocycles. The minimum absolute atomic E-state index is 0.0177. The molecule has 0 radical (unpaired) electrons. The highest BCUT2D eigenvalue weighted by Crippen LogP contribution is 2.34. The summed E-state index contributed by atoms with van der Waals surface area (Å²) in [6, 6.07) is 5.80. The molecule has 1 heterocycles.